The van der Waals surface area contributed by atoms with Crippen molar-refractivity contribution in [3.05, 3.63) is 92.6 Å². The van der Waals surface area contributed by atoms with Gasteiger partial charge < -0.3 is 15.2 Å². The maximum atomic E-state index is 12.3. The van der Waals surface area contributed by atoms with Crippen LogP contribution in [0.1, 0.15) is 33.7 Å². The molecule has 0 bridgehead atoms. The average molecular weight is 464 g/mol. The van der Waals surface area contributed by atoms with Crippen molar-refractivity contribution in [3.63, 3.8) is 0 Å². The van der Waals surface area contributed by atoms with E-state index in [9.17, 15) is 9.90 Å². The summed E-state index contributed by atoms with van der Waals surface area (Å²) in [5.74, 6) is -0.0471. The Kier molecular flexibility index (Phi) is 8.30. The Hall–Kier alpha value is -4.00. The van der Waals surface area contributed by atoms with Gasteiger partial charge in [-0.2, -0.15) is 0 Å². The molecule has 168 valence electrons. The fourth-order valence-electron chi connectivity index (χ4n) is 2.97. The van der Waals surface area contributed by atoms with E-state index >= 15 is 0 Å². The summed E-state index contributed by atoms with van der Waals surface area (Å²) in [6.07, 6.45) is 4.34. The third kappa shape index (κ3) is 7.00. The topological polar surface area (TPSA) is 120 Å². The third-order valence-electron chi connectivity index (χ3n) is 4.56. The summed E-state index contributed by atoms with van der Waals surface area (Å²) in [7, 11) is 0. The number of halogens is 1. The highest BCUT2D eigenvalue weighted by Crippen LogP contribution is 2.24. The van der Waals surface area contributed by atoms with Crippen LogP contribution in [-0.4, -0.2) is 29.1 Å². The lowest BCUT2D eigenvalue weighted by molar-refractivity contribution is 0.0949. The zero-order chi connectivity index (χ0) is 23.6. The van der Waals surface area contributed by atoms with Crippen LogP contribution in [0.4, 0.5) is 5.69 Å². The number of aromatic nitrogens is 1. The zero-order valence-electron chi connectivity index (χ0n) is 17.9. The van der Waals surface area contributed by atoms with Crippen molar-refractivity contribution in [1.82, 2.24) is 10.3 Å². The molecule has 3 rings (SSSR count). The number of rotatable bonds is 9. The fourth-order valence-corrected chi connectivity index (χ4v) is 3.17. The van der Waals surface area contributed by atoms with Crippen molar-refractivity contribution in [2.24, 2.45) is 5.11 Å². The number of phenolic OH excluding ortho intramolecular Hbond substituents is 1. The van der Waals surface area contributed by atoms with Crippen molar-refractivity contribution in [2.45, 2.75) is 13.3 Å². The highest BCUT2D eigenvalue weighted by molar-refractivity contribution is 6.30. The number of hydrogen-bond acceptors (Lipinski definition) is 5. The number of ether oxygens (including phenoxy) is 1. The van der Waals surface area contributed by atoms with Gasteiger partial charge in [0.05, 0.1) is 12.2 Å². The largest absolute Gasteiger partial charge is 0.507 e. The van der Waals surface area contributed by atoms with Crippen molar-refractivity contribution >= 4 is 35.3 Å². The maximum absolute atomic E-state index is 12.3. The predicted molar refractivity (Wildman–Crippen MR) is 129 cm³/mol. The molecular formula is C24H22ClN5O3. The Balaban J connectivity index is 1.53. The number of carbonyl (C=O) groups excluding carboxylic acids is 1. The van der Waals surface area contributed by atoms with E-state index in [-0.39, 0.29) is 17.0 Å². The normalized spacial score (nSPS) is 10.6. The number of aromatic hydroxyl groups is 1. The molecule has 3 aromatic rings. The lowest BCUT2D eigenvalue weighted by atomic mass is 10.1. The molecule has 2 N–H and O–H groups in total. The SMILES string of the molecule is Cc1ccc(OCCCNC(=O)c2ccc(N=[N+]=[N-])cc2O)c(C=Cc2cccc(Cl)c2)n1. The Morgan fingerprint density at radius 1 is 1.24 bits per heavy atom. The Morgan fingerprint density at radius 2 is 2.09 bits per heavy atom. The van der Waals surface area contributed by atoms with E-state index in [2.05, 4.69) is 20.3 Å². The average Bonchev–Trinajstić information content (AvgIpc) is 2.79. The second-order valence-electron chi connectivity index (χ2n) is 7.07. The van der Waals surface area contributed by atoms with Gasteiger partial charge in [-0.1, -0.05) is 41.0 Å². The minimum Gasteiger partial charge on any atom is -0.507 e. The number of carbonyl (C=O) groups is 1. The van der Waals surface area contributed by atoms with E-state index in [1.165, 1.54) is 18.2 Å². The second kappa shape index (κ2) is 11.6. The van der Waals surface area contributed by atoms with Crippen LogP contribution in [0.15, 0.2) is 59.7 Å². The first-order valence-corrected chi connectivity index (χ1v) is 10.5. The summed E-state index contributed by atoms with van der Waals surface area (Å²) >= 11 is 6.04. The van der Waals surface area contributed by atoms with Gasteiger partial charge in [0.25, 0.3) is 5.91 Å². The highest BCUT2D eigenvalue weighted by Gasteiger charge is 2.11. The summed E-state index contributed by atoms with van der Waals surface area (Å²) in [6.45, 7) is 2.62. The predicted octanol–water partition coefficient (Wildman–Crippen LogP) is 6.06. The zero-order valence-corrected chi connectivity index (χ0v) is 18.7. The molecule has 0 spiro atoms. The van der Waals surface area contributed by atoms with Gasteiger partial charge >= 0.3 is 0 Å². The Bertz CT molecular complexity index is 1220. The number of hydrogen-bond donors (Lipinski definition) is 2. The van der Waals surface area contributed by atoms with Crippen LogP contribution >= 0.6 is 11.6 Å². The standard InChI is InChI=1S/C24H22ClN5O3/c1-16-6-11-23(21(28-16)10-7-17-4-2-5-18(25)14-17)33-13-3-12-27-24(32)20-9-8-19(29-30-26)15-22(20)31/h2,4-11,14-15,31H,3,12-13H2,1H3,(H,27,32). The molecule has 2 aromatic carbocycles. The van der Waals surface area contributed by atoms with Gasteiger partial charge in [-0.25, -0.2) is 4.98 Å². The summed E-state index contributed by atoms with van der Waals surface area (Å²) in [6, 6.07) is 15.3. The molecule has 0 saturated carbocycles. The highest BCUT2D eigenvalue weighted by atomic mass is 35.5. The lowest BCUT2D eigenvalue weighted by Crippen LogP contribution is -2.25. The van der Waals surface area contributed by atoms with E-state index in [4.69, 9.17) is 21.9 Å². The summed E-state index contributed by atoms with van der Waals surface area (Å²) in [5.41, 5.74) is 11.3. The van der Waals surface area contributed by atoms with Crippen LogP contribution in [0.2, 0.25) is 5.02 Å². The maximum Gasteiger partial charge on any atom is 0.255 e. The molecule has 8 nitrogen and oxygen atoms in total. The quantitative estimate of drug-likeness (QED) is 0.173. The van der Waals surface area contributed by atoms with Gasteiger partial charge in [0.1, 0.15) is 17.2 Å². The minimum atomic E-state index is -0.429. The van der Waals surface area contributed by atoms with E-state index in [1.54, 1.807) is 0 Å². The molecule has 1 aromatic heterocycles. The van der Waals surface area contributed by atoms with Crippen molar-refractivity contribution in [2.75, 3.05) is 13.2 Å². The summed E-state index contributed by atoms with van der Waals surface area (Å²) in [5, 5.41) is 16.7. The van der Waals surface area contributed by atoms with Gasteiger partial charge in [0.2, 0.25) is 0 Å². The molecule has 0 saturated heterocycles. The van der Waals surface area contributed by atoms with E-state index in [1.807, 2.05) is 55.5 Å². The molecule has 0 fully saturated rings. The number of azide groups is 1. The number of benzene rings is 2. The van der Waals surface area contributed by atoms with Crippen molar-refractivity contribution in [3.8, 4) is 11.5 Å². The molecule has 0 aliphatic rings. The third-order valence-corrected chi connectivity index (χ3v) is 4.79. The monoisotopic (exact) mass is 463 g/mol. The van der Waals surface area contributed by atoms with E-state index in [0.29, 0.717) is 36.0 Å². The Morgan fingerprint density at radius 3 is 2.85 bits per heavy atom. The van der Waals surface area contributed by atoms with Crippen LogP contribution in [0, 0.1) is 6.92 Å². The molecule has 0 aliphatic carbocycles. The molecule has 9 heteroatoms. The van der Waals surface area contributed by atoms with Gasteiger partial charge in [-0.15, -0.1) is 0 Å². The van der Waals surface area contributed by atoms with Gasteiger partial charge in [0, 0.05) is 27.9 Å². The molecule has 0 aliphatic heterocycles. The van der Waals surface area contributed by atoms with Crippen LogP contribution in [0.3, 0.4) is 0 Å². The summed E-state index contributed by atoms with van der Waals surface area (Å²) < 4.78 is 5.87. The first-order chi connectivity index (χ1) is 16.0. The minimum absolute atomic E-state index is 0.101. The molecule has 1 amide bonds. The first kappa shape index (κ1) is 23.7. The van der Waals surface area contributed by atoms with Gasteiger partial charge in [-0.3, -0.25) is 4.79 Å². The molecule has 1 heterocycles. The molecule has 0 atom stereocenters. The van der Waals surface area contributed by atoms with Crippen LogP contribution in [-0.2, 0) is 0 Å². The van der Waals surface area contributed by atoms with Crippen LogP contribution in [0.5, 0.6) is 11.5 Å². The second-order valence-corrected chi connectivity index (χ2v) is 7.51. The summed E-state index contributed by atoms with van der Waals surface area (Å²) in [4.78, 5) is 19.4. The Labute approximate surface area is 196 Å². The first-order valence-electron chi connectivity index (χ1n) is 10.2. The van der Waals surface area contributed by atoms with Crippen molar-refractivity contribution < 1.29 is 14.6 Å². The number of pyridine rings is 1. The molecule has 0 unspecified atom stereocenters. The number of nitrogens with one attached hydrogen (secondary N) is 1. The van der Waals surface area contributed by atoms with Crippen molar-refractivity contribution in [1.29, 1.82) is 0 Å². The van der Waals surface area contributed by atoms with Crippen LogP contribution < -0.4 is 10.1 Å². The fraction of sp³-hybridized carbons (Fsp3) is 0.167. The molecular weight excluding hydrogens is 442 g/mol. The molecule has 0 radical (unpaired) electrons. The number of amides is 1. The van der Waals surface area contributed by atoms with Crippen LogP contribution in [0.25, 0.3) is 22.6 Å². The van der Waals surface area contributed by atoms with Gasteiger partial charge in [-0.05, 0) is 66.9 Å². The molecule has 33 heavy (non-hydrogen) atoms. The number of nitrogens with zero attached hydrogens (tertiary/aromatic N) is 4. The van der Waals surface area contributed by atoms with E-state index < -0.39 is 5.91 Å². The lowest BCUT2D eigenvalue weighted by Gasteiger charge is -2.11. The smallest absolute Gasteiger partial charge is 0.255 e. The number of aryl methyl sites for hydroxylation is 1. The van der Waals surface area contributed by atoms with Gasteiger partial charge in [0.15, 0.2) is 0 Å². The van der Waals surface area contributed by atoms with E-state index in [0.717, 1.165) is 11.3 Å². The number of phenols is 1.